The Balaban J connectivity index is 2.28. The van der Waals surface area contributed by atoms with E-state index in [1.54, 1.807) is 0 Å². The van der Waals surface area contributed by atoms with Crippen molar-refractivity contribution in [1.82, 2.24) is 4.31 Å². The van der Waals surface area contributed by atoms with Gasteiger partial charge in [-0.15, -0.1) is 0 Å². The van der Waals surface area contributed by atoms with Crippen LogP contribution in [0.4, 0.5) is 0 Å². The van der Waals surface area contributed by atoms with Gasteiger partial charge in [0.2, 0.25) is 0 Å². The fourth-order valence-corrected chi connectivity index (χ4v) is 3.92. The molecule has 0 aromatic heterocycles. The highest BCUT2D eigenvalue weighted by Gasteiger charge is 2.70. The molecular weight excluding hydrogens is 317 g/mol. The second-order valence-electron chi connectivity index (χ2n) is 4.07. The van der Waals surface area contributed by atoms with Crippen molar-refractivity contribution in [2.45, 2.75) is 22.0 Å². The van der Waals surface area contributed by atoms with Crippen LogP contribution in [0.1, 0.15) is 12.5 Å². The minimum absolute atomic E-state index is 0.162. The first-order chi connectivity index (χ1) is 8.28. The van der Waals surface area contributed by atoms with E-state index in [0.717, 1.165) is 9.87 Å². The fourth-order valence-electron chi connectivity index (χ4n) is 1.62. The topological polar surface area (TPSA) is 43.4 Å². The number of carbonyl (C=O) groups is 1. The largest absolute Gasteiger partial charge is 0.591 e. The van der Waals surface area contributed by atoms with E-state index in [9.17, 15) is 9.35 Å². The van der Waals surface area contributed by atoms with Crippen molar-refractivity contribution in [3.63, 3.8) is 0 Å². The van der Waals surface area contributed by atoms with E-state index in [0.29, 0.717) is 0 Å². The Labute approximate surface area is 123 Å². The Morgan fingerprint density at radius 3 is 2.28 bits per heavy atom. The molecule has 18 heavy (non-hydrogen) atoms. The van der Waals surface area contributed by atoms with E-state index in [-0.39, 0.29) is 6.54 Å². The fraction of sp³-hybridized carbons (Fsp3) is 0.364. The summed E-state index contributed by atoms with van der Waals surface area (Å²) in [7, 11) is 0. The van der Waals surface area contributed by atoms with Crippen molar-refractivity contribution in [2.75, 3.05) is 0 Å². The minimum Gasteiger partial charge on any atom is -0.591 e. The number of hydrogen-bond donors (Lipinski definition) is 0. The van der Waals surface area contributed by atoms with Crippen molar-refractivity contribution in [3.05, 3.63) is 35.9 Å². The van der Waals surface area contributed by atoms with Crippen LogP contribution in [0.2, 0.25) is 0 Å². The quantitative estimate of drug-likeness (QED) is 0.619. The maximum atomic E-state index is 12.2. The summed E-state index contributed by atoms with van der Waals surface area (Å²) in [5, 5.41) is 0. The third kappa shape index (κ3) is 2.10. The number of alkyl halides is 3. The molecule has 1 heterocycles. The zero-order valence-electron chi connectivity index (χ0n) is 9.40. The van der Waals surface area contributed by atoms with Crippen LogP contribution in [0, 0.1) is 0 Å². The Bertz CT molecular complexity index is 467. The molecule has 0 radical (unpaired) electrons. The highest BCUT2D eigenvalue weighted by atomic mass is 35.5. The van der Waals surface area contributed by atoms with Crippen LogP contribution in [0.15, 0.2) is 30.3 Å². The number of rotatable bonds is 2. The van der Waals surface area contributed by atoms with Crippen molar-refractivity contribution in [1.29, 1.82) is 0 Å². The van der Waals surface area contributed by atoms with Gasteiger partial charge in [-0.2, -0.15) is 4.31 Å². The Kier molecular flexibility index (Phi) is 3.78. The average molecular weight is 327 g/mol. The first-order valence-corrected chi connectivity index (χ1v) is 7.37. The van der Waals surface area contributed by atoms with Crippen LogP contribution in [0.3, 0.4) is 0 Å². The summed E-state index contributed by atoms with van der Waals surface area (Å²) in [5.74, 6) is -0.634. The van der Waals surface area contributed by atoms with E-state index in [1.165, 1.54) is 6.92 Å². The highest BCUT2D eigenvalue weighted by molar-refractivity contribution is 7.93. The lowest BCUT2D eigenvalue weighted by atomic mass is 10.2. The summed E-state index contributed by atoms with van der Waals surface area (Å²) < 4.78 is 9.87. The van der Waals surface area contributed by atoms with Gasteiger partial charge in [0.25, 0.3) is 8.54 Å². The van der Waals surface area contributed by atoms with E-state index >= 15 is 0 Å². The summed E-state index contributed by atoms with van der Waals surface area (Å²) in [4.78, 5) is 12.0. The Morgan fingerprint density at radius 2 is 1.83 bits per heavy atom. The summed E-state index contributed by atoms with van der Waals surface area (Å²) in [6, 6.07) is 9.14. The van der Waals surface area contributed by atoms with Gasteiger partial charge in [0.05, 0.1) is 17.9 Å². The molecule has 0 aliphatic carbocycles. The van der Waals surface area contributed by atoms with E-state index in [2.05, 4.69) is 0 Å². The molecule has 7 heteroatoms. The molecule has 2 atom stereocenters. The molecule has 2 rings (SSSR count). The van der Waals surface area contributed by atoms with Gasteiger partial charge in [0, 0.05) is 6.92 Å². The van der Waals surface area contributed by atoms with Crippen LogP contribution < -0.4 is 0 Å². The number of nitrogens with zero attached hydrogens (tertiary/aromatic N) is 1. The van der Waals surface area contributed by atoms with Crippen molar-refractivity contribution in [2.24, 2.45) is 0 Å². The molecule has 2 unspecified atom stereocenters. The van der Waals surface area contributed by atoms with Crippen molar-refractivity contribution < 1.29 is 9.35 Å². The lowest BCUT2D eigenvalue weighted by Crippen LogP contribution is -2.41. The highest BCUT2D eigenvalue weighted by Crippen LogP contribution is 2.51. The molecule has 1 aromatic carbocycles. The molecule has 1 amide bonds. The normalized spacial score (nSPS) is 30.8. The standard InChI is InChI=1S/C11H10Cl3NO2S/c1-10(12)11(13,14)9(16)15(18(10)17)7-8-5-3-2-4-6-8/h2-6H,7H2,1H3. The number of benzene rings is 1. The maximum absolute atomic E-state index is 12.2. The van der Waals surface area contributed by atoms with E-state index < -0.39 is 25.8 Å². The molecule has 1 fully saturated rings. The van der Waals surface area contributed by atoms with Gasteiger partial charge in [0.15, 0.2) is 0 Å². The molecule has 1 aliphatic rings. The van der Waals surface area contributed by atoms with Gasteiger partial charge in [-0.1, -0.05) is 65.1 Å². The Morgan fingerprint density at radius 1 is 1.28 bits per heavy atom. The molecule has 3 nitrogen and oxygen atoms in total. The van der Waals surface area contributed by atoms with Crippen LogP contribution >= 0.6 is 34.8 Å². The molecule has 0 saturated carbocycles. The zero-order chi connectivity index (χ0) is 13.6. The molecule has 0 spiro atoms. The lowest BCUT2D eigenvalue weighted by Gasteiger charge is -2.23. The molecule has 0 bridgehead atoms. The van der Waals surface area contributed by atoms with E-state index in [4.69, 9.17) is 34.8 Å². The average Bonchev–Trinajstić information content (AvgIpc) is 2.44. The van der Waals surface area contributed by atoms with Crippen LogP contribution in [0.25, 0.3) is 0 Å². The van der Waals surface area contributed by atoms with Crippen molar-refractivity contribution >= 4 is 52.1 Å². The minimum atomic E-state index is -1.88. The monoisotopic (exact) mass is 325 g/mol. The summed E-state index contributed by atoms with van der Waals surface area (Å²) >= 11 is 16.1. The second-order valence-corrected chi connectivity index (χ2v) is 8.13. The zero-order valence-corrected chi connectivity index (χ0v) is 12.5. The van der Waals surface area contributed by atoms with Gasteiger partial charge in [-0.3, -0.25) is 4.79 Å². The van der Waals surface area contributed by atoms with Gasteiger partial charge in [0.1, 0.15) is 0 Å². The lowest BCUT2D eigenvalue weighted by molar-refractivity contribution is -0.126. The number of halogens is 3. The first-order valence-electron chi connectivity index (χ1n) is 5.13. The molecule has 0 N–H and O–H groups in total. The smallest absolute Gasteiger partial charge is 0.307 e. The summed E-state index contributed by atoms with van der Waals surface area (Å²) in [6.07, 6.45) is 0. The second kappa shape index (κ2) is 4.76. The molecule has 1 saturated heterocycles. The molecule has 98 valence electrons. The third-order valence-electron chi connectivity index (χ3n) is 2.75. The number of hydrogen-bond acceptors (Lipinski definition) is 2. The predicted molar refractivity (Wildman–Crippen MR) is 73.8 cm³/mol. The van der Waals surface area contributed by atoms with Crippen LogP contribution in [0.5, 0.6) is 0 Å². The van der Waals surface area contributed by atoms with Crippen molar-refractivity contribution in [3.8, 4) is 0 Å². The molecule has 1 aliphatic heterocycles. The number of carbonyl (C=O) groups excluding carboxylic acids is 1. The SMILES string of the molecule is CC1(Cl)[S+]([O-])N(Cc2ccccc2)C(=O)C1(Cl)Cl. The van der Waals surface area contributed by atoms with Gasteiger partial charge >= 0.3 is 5.91 Å². The van der Waals surface area contributed by atoms with Crippen LogP contribution in [-0.2, 0) is 22.7 Å². The summed E-state index contributed by atoms with van der Waals surface area (Å²) in [6.45, 7) is 1.56. The summed E-state index contributed by atoms with van der Waals surface area (Å²) in [5.41, 5.74) is 0.831. The number of amides is 1. The molecule has 1 aromatic rings. The third-order valence-corrected chi connectivity index (χ3v) is 6.59. The van der Waals surface area contributed by atoms with E-state index in [1.807, 2.05) is 30.3 Å². The van der Waals surface area contributed by atoms with Gasteiger partial charge in [-0.25, -0.2) is 0 Å². The van der Waals surface area contributed by atoms with Crippen LogP contribution in [-0.4, -0.2) is 23.3 Å². The predicted octanol–water partition coefficient (Wildman–Crippen LogP) is 2.82. The molecular formula is C11H10Cl3NO2S. The maximum Gasteiger partial charge on any atom is 0.307 e. The Hall–Kier alpha value is -0.130. The van der Waals surface area contributed by atoms with Gasteiger partial charge < -0.3 is 4.55 Å². The first kappa shape index (κ1) is 14.3. The van der Waals surface area contributed by atoms with Gasteiger partial charge in [-0.05, 0) is 5.56 Å².